The van der Waals surface area contributed by atoms with Crippen LogP contribution in [-0.2, 0) is 25.0 Å². The van der Waals surface area contributed by atoms with Gasteiger partial charge in [0.15, 0.2) is 0 Å². The van der Waals surface area contributed by atoms with Gasteiger partial charge in [-0.15, -0.1) is 11.3 Å². The summed E-state index contributed by atoms with van der Waals surface area (Å²) in [4.78, 5) is 25.4. The third kappa shape index (κ3) is 5.93. The number of thiophene rings is 1. The predicted octanol–water partition coefficient (Wildman–Crippen LogP) is 3.25. The minimum Gasteiger partial charge on any atom is -0.354 e. The molecule has 1 aromatic carbocycles. The Bertz CT molecular complexity index is 994. The van der Waals surface area contributed by atoms with Crippen molar-refractivity contribution in [3.05, 3.63) is 46.7 Å². The van der Waals surface area contributed by atoms with Crippen LogP contribution in [0, 0.1) is 5.92 Å². The van der Waals surface area contributed by atoms with E-state index in [4.69, 9.17) is 0 Å². The van der Waals surface area contributed by atoms with Crippen molar-refractivity contribution in [1.29, 1.82) is 0 Å². The third-order valence-corrected chi connectivity index (χ3v) is 8.14. The Labute approximate surface area is 187 Å². The molecule has 3 N–H and O–H groups in total. The van der Waals surface area contributed by atoms with E-state index in [1.165, 1.54) is 29.1 Å². The first-order chi connectivity index (χ1) is 14.7. The molecule has 7 nitrogen and oxygen atoms in total. The van der Waals surface area contributed by atoms with Gasteiger partial charge in [0, 0.05) is 28.4 Å². The van der Waals surface area contributed by atoms with Crippen molar-refractivity contribution in [3.63, 3.8) is 0 Å². The Morgan fingerprint density at radius 1 is 1.10 bits per heavy atom. The molecule has 1 aliphatic rings. The van der Waals surface area contributed by atoms with Gasteiger partial charge in [0.2, 0.25) is 21.8 Å². The zero-order valence-corrected chi connectivity index (χ0v) is 19.4. The summed E-state index contributed by atoms with van der Waals surface area (Å²) in [6, 6.07) is 9.99. The highest BCUT2D eigenvalue weighted by atomic mass is 32.2. The molecule has 31 heavy (non-hydrogen) atoms. The maximum absolute atomic E-state index is 12.5. The number of hydrogen-bond acceptors (Lipinski definition) is 5. The second-order valence-corrected chi connectivity index (χ2v) is 10.9. The van der Waals surface area contributed by atoms with Gasteiger partial charge in [-0.1, -0.05) is 32.8 Å². The molecule has 0 saturated heterocycles. The maximum Gasteiger partial charge on any atom is 0.241 e. The van der Waals surface area contributed by atoms with Crippen LogP contribution in [0.3, 0.4) is 0 Å². The minimum absolute atomic E-state index is 0.0358. The van der Waals surface area contributed by atoms with Crippen LogP contribution in [0.2, 0.25) is 0 Å². The topological polar surface area (TPSA) is 104 Å². The van der Waals surface area contributed by atoms with E-state index in [2.05, 4.69) is 21.4 Å². The van der Waals surface area contributed by atoms with Gasteiger partial charge in [-0.25, -0.2) is 13.1 Å². The highest BCUT2D eigenvalue weighted by Crippen LogP contribution is 2.42. The zero-order valence-electron chi connectivity index (χ0n) is 17.8. The fourth-order valence-corrected chi connectivity index (χ4v) is 5.69. The molecule has 0 spiro atoms. The highest BCUT2D eigenvalue weighted by Gasteiger charge is 2.36. The van der Waals surface area contributed by atoms with Crippen LogP contribution < -0.4 is 15.4 Å². The fourth-order valence-electron chi connectivity index (χ4n) is 3.72. The molecule has 0 radical (unpaired) electrons. The van der Waals surface area contributed by atoms with Crippen molar-refractivity contribution in [2.45, 2.75) is 49.8 Å². The summed E-state index contributed by atoms with van der Waals surface area (Å²) in [6.07, 6.45) is 4.32. The number of carbonyl (C=O) groups is 2. The van der Waals surface area contributed by atoms with E-state index >= 15 is 0 Å². The van der Waals surface area contributed by atoms with Gasteiger partial charge < -0.3 is 10.6 Å². The Kier molecular flexibility index (Phi) is 7.51. The maximum atomic E-state index is 12.5. The molecule has 2 aromatic rings. The van der Waals surface area contributed by atoms with E-state index in [1.54, 1.807) is 25.2 Å². The average molecular weight is 464 g/mol. The molecule has 168 valence electrons. The largest absolute Gasteiger partial charge is 0.354 e. The van der Waals surface area contributed by atoms with Crippen molar-refractivity contribution >= 4 is 38.9 Å². The van der Waals surface area contributed by atoms with Gasteiger partial charge in [-0.2, -0.15) is 0 Å². The fraction of sp³-hybridized carbons (Fsp3) is 0.455. The van der Waals surface area contributed by atoms with Gasteiger partial charge >= 0.3 is 0 Å². The first-order valence-corrected chi connectivity index (χ1v) is 12.8. The van der Waals surface area contributed by atoms with E-state index in [-0.39, 0.29) is 34.6 Å². The SMILES string of the molecule is CC(C)C(=O)Nc1ccc(S(=O)(=O)NCC(=O)NCC2(c3cccs3)CCCC2)cc1. The van der Waals surface area contributed by atoms with E-state index < -0.39 is 10.0 Å². The molecule has 1 aromatic heterocycles. The molecule has 0 atom stereocenters. The lowest BCUT2D eigenvalue weighted by atomic mass is 9.84. The lowest BCUT2D eigenvalue weighted by Crippen LogP contribution is -2.43. The van der Waals surface area contributed by atoms with Crippen molar-refractivity contribution in [2.24, 2.45) is 5.92 Å². The van der Waals surface area contributed by atoms with Crippen LogP contribution in [0.5, 0.6) is 0 Å². The van der Waals surface area contributed by atoms with E-state index in [0.29, 0.717) is 12.2 Å². The number of sulfonamides is 1. The lowest BCUT2D eigenvalue weighted by molar-refractivity contribution is -0.120. The standard InChI is InChI=1S/C22H29N3O4S2/c1-16(2)21(27)25-17-7-9-18(10-8-17)31(28,29)24-14-20(26)23-15-22(11-3-4-12-22)19-6-5-13-30-19/h5-10,13,16,24H,3-4,11-12,14-15H2,1-2H3,(H,23,26)(H,25,27). The van der Waals surface area contributed by atoms with Crippen LogP contribution in [0.1, 0.15) is 44.4 Å². The molecule has 0 bridgehead atoms. The summed E-state index contributed by atoms with van der Waals surface area (Å²) < 4.78 is 27.4. The third-order valence-electron chi connectivity index (χ3n) is 5.61. The Morgan fingerprint density at radius 2 is 1.77 bits per heavy atom. The van der Waals surface area contributed by atoms with Crippen LogP contribution in [0.25, 0.3) is 0 Å². The number of hydrogen-bond donors (Lipinski definition) is 3. The van der Waals surface area contributed by atoms with Crippen LogP contribution in [0.4, 0.5) is 5.69 Å². The summed E-state index contributed by atoms with van der Waals surface area (Å²) >= 11 is 1.70. The molecular formula is C22H29N3O4S2. The molecule has 2 amide bonds. The molecule has 9 heteroatoms. The Balaban J connectivity index is 1.54. The van der Waals surface area contributed by atoms with E-state index in [9.17, 15) is 18.0 Å². The number of nitrogens with one attached hydrogen (secondary N) is 3. The smallest absolute Gasteiger partial charge is 0.241 e. The monoisotopic (exact) mass is 463 g/mol. The second-order valence-electron chi connectivity index (χ2n) is 8.23. The second kappa shape index (κ2) is 9.93. The first-order valence-electron chi connectivity index (χ1n) is 10.4. The Morgan fingerprint density at radius 3 is 2.35 bits per heavy atom. The number of rotatable bonds is 9. The van der Waals surface area contributed by atoms with Crippen LogP contribution >= 0.6 is 11.3 Å². The Hall–Kier alpha value is -2.23. The lowest BCUT2D eigenvalue weighted by Gasteiger charge is -2.28. The highest BCUT2D eigenvalue weighted by molar-refractivity contribution is 7.89. The first kappa shape index (κ1) is 23.4. The number of benzene rings is 1. The van der Waals surface area contributed by atoms with Crippen LogP contribution in [0.15, 0.2) is 46.7 Å². The van der Waals surface area contributed by atoms with Crippen molar-refractivity contribution in [2.75, 3.05) is 18.4 Å². The summed E-state index contributed by atoms with van der Waals surface area (Å²) in [6.45, 7) is 3.74. The summed E-state index contributed by atoms with van der Waals surface area (Å²) in [5.74, 6) is -0.674. The van der Waals surface area contributed by atoms with Crippen LogP contribution in [-0.4, -0.2) is 33.3 Å². The molecule has 1 saturated carbocycles. The minimum atomic E-state index is -3.83. The van der Waals surface area contributed by atoms with E-state index in [1.807, 2.05) is 11.4 Å². The van der Waals surface area contributed by atoms with Crippen molar-refractivity contribution in [3.8, 4) is 0 Å². The molecule has 1 heterocycles. The summed E-state index contributed by atoms with van der Waals surface area (Å²) in [7, 11) is -3.83. The predicted molar refractivity (Wildman–Crippen MR) is 123 cm³/mol. The van der Waals surface area contributed by atoms with E-state index in [0.717, 1.165) is 25.7 Å². The summed E-state index contributed by atoms with van der Waals surface area (Å²) in [5, 5.41) is 7.67. The molecule has 0 unspecified atom stereocenters. The summed E-state index contributed by atoms with van der Waals surface area (Å²) in [5.41, 5.74) is 0.477. The molecule has 1 aliphatic carbocycles. The average Bonchev–Trinajstić information content (AvgIpc) is 3.44. The molecule has 0 aliphatic heterocycles. The quantitative estimate of drug-likeness (QED) is 0.531. The zero-order chi connectivity index (χ0) is 22.5. The number of amides is 2. The van der Waals surface area contributed by atoms with Gasteiger partial charge in [-0.05, 0) is 48.6 Å². The molecular weight excluding hydrogens is 434 g/mol. The van der Waals surface area contributed by atoms with Gasteiger partial charge in [0.25, 0.3) is 0 Å². The number of anilines is 1. The molecule has 1 fully saturated rings. The normalized spacial score (nSPS) is 15.7. The van der Waals surface area contributed by atoms with Crippen molar-refractivity contribution < 1.29 is 18.0 Å². The van der Waals surface area contributed by atoms with Crippen molar-refractivity contribution in [1.82, 2.24) is 10.0 Å². The van der Waals surface area contributed by atoms with Gasteiger partial charge in [-0.3, -0.25) is 9.59 Å². The van der Waals surface area contributed by atoms with Gasteiger partial charge in [0.1, 0.15) is 0 Å². The molecule has 3 rings (SSSR count). The van der Waals surface area contributed by atoms with Gasteiger partial charge in [0.05, 0.1) is 11.4 Å². The number of carbonyl (C=O) groups excluding carboxylic acids is 2.